The number of nitrogens with zero attached hydrogens (tertiary/aromatic N) is 2. The Labute approximate surface area is 214 Å². The first-order chi connectivity index (χ1) is 17.5. The van der Waals surface area contributed by atoms with E-state index in [1.807, 2.05) is 6.07 Å². The number of aryl methyl sites for hydroxylation is 1. The highest BCUT2D eigenvalue weighted by atomic mass is 19.4. The molecular formula is C26H36F3N3O5. The first-order valence-corrected chi connectivity index (χ1v) is 12.6. The minimum atomic E-state index is -5.08. The van der Waals surface area contributed by atoms with Crippen molar-refractivity contribution in [1.82, 2.24) is 9.88 Å². The van der Waals surface area contributed by atoms with E-state index in [0.29, 0.717) is 13.0 Å². The molecule has 0 saturated carbocycles. The molecule has 1 atom stereocenters. The molecule has 1 fully saturated rings. The summed E-state index contributed by atoms with van der Waals surface area (Å²) in [5.41, 5.74) is 3.33. The highest BCUT2D eigenvalue weighted by molar-refractivity contribution is 5.89. The molecule has 4 rings (SSSR count). The van der Waals surface area contributed by atoms with Crippen molar-refractivity contribution in [2.45, 2.75) is 70.7 Å². The summed E-state index contributed by atoms with van der Waals surface area (Å²) in [7, 11) is 1.69. The standard InChI is InChI=1S/C24H35N3O3.C2HF3O2/c1-16(2)25-24-20-13-17(28)7-8-18(20)19-14-22(29-3)23(15-21(19)26-24)30-12-6-11-27-9-4-5-10-27;3-2(4,5)1(6)7/h14-17,28H,4-13H2,1-3H3,(H,25,26);(H,6,7). The number of carbonyl (C=O) groups is 1. The van der Waals surface area contributed by atoms with Gasteiger partial charge in [0.25, 0.3) is 0 Å². The van der Waals surface area contributed by atoms with Crippen molar-refractivity contribution < 1.29 is 37.7 Å². The highest BCUT2D eigenvalue weighted by Crippen LogP contribution is 2.38. The van der Waals surface area contributed by atoms with Gasteiger partial charge in [0.1, 0.15) is 5.82 Å². The fourth-order valence-corrected chi connectivity index (χ4v) is 4.67. The van der Waals surface area contributed by atoms with E-state index in [-0.39, 0.29) is 12.1 Å². The fourth-order valence-electron chi connectivity index (χ4n) is 4.67. The van der Waals surface area contributed by atoms with Crippen LogP contribution in [0.1, 0.15) is 50.7 Å². The van der Waals surface area contributed by atoms with Crippen LogP contribution in [0.4, 0.5) is 19.0 Å². The van der Waals surface area contributed by atoms with Crippen LogP contribution >= 0.6 is 0 Å². The smallest absolute Gasteiger partial charge is 0.490 e. The Morgan fingerprint density at radius 3 is 2.49 bits per heavy atom. The van der Waals surface area contributed by atoms with Gasteiger partial charge in [-0.25, -0.2) is 9.78 Å². The second-order valence-electron chi connectivity index (χ2n) is 9.69. The van der Waals surface area contributed by atoms with Gasteiger partial charge in [0.15, 0.2) is 11.5 Å². The number of aromatic nitrogens is 1. The zero-order valence-electron chi connectivity index (χ0n) is 21.5. The van der Waals surface area contributed by atoms with Crippen molar-refractivity contribution in [3.63, 3.8) is 0 Å². The number of ether oxygens (including phenoxy) is 2. The molecule has 2 aliphatic rings. The van der Waals surface area contributed by atoms with Crippen molar-refractivity contribution >= 4 is 22.7 Å². The van der Waals surface area contributed by atoms with Gasteiger partial charge in [-0.3, -0.25) is 0 Å². The number of hydrogen-bond acceptors (Lipinski definition) is 7. The Morgan fingerprint density at radius 1 is 1.22 bits per heavy atom. The number of nitrogens with one attached hydrogen (secondary N) is 1. The van der Waals surface area contributed by atoms with Crippen molar-refractivity contribution in [2.75, 3.05) is 38.7 Å². The molecule has 1 saturated heterocycles. The number of carboxylic acid groups (broad SMARTS) is 1. The number of fused-ring (bicyclic) bond motifs is 3. The second-order valence-corrected chi connectivity index (χ2v) is 9.69. The summed E-state index contributed by atoms with van der Waals surface area (Å²) in [5, 5.41) is 21.9. The predicted molar refractivity (Wildman–Crippen MR) is 135 cm³/mol. The number of likely N-dealkylation sites (tertiary alicyclic amines) is 1. The van der Waals surface area contributed by atoms with Crippen molar-refractivity contribution in [2.24, 2.45) is 0 Å². The Morgan fingerprint density at radius 2 is 1.89 bits per heavy atom. The monoisotopic (exact) mass is 527 g/mol. The molecule has 2 heterocycles. The Kier molecular flexibility index (Phi) is 9.83. The molecule has 1 aliphatic carbocycles. The quantitative estimate of drug-likeness (QED) is 0.434. The number of aliphatic hydroxyl groups excluding tert-OH is 1. The van der Waals surface area contributed by atoms with Crippen LogP contribution in [0.3, 0.4) is 0 Å². The van der Waals surface area contributed by atoms with Gasteiger partial charge in [0.2, 0.25) is 0 Å². The average molecular weight is 528 g/mol. The van der Waals surface area contributed by atoms with Gasteiger partial charge in [-0.15, -0.1) is 0 Å². The summed E-state index contributed by atoms with van der Waals surface area (Å²) in [5.74, 6) is -0.363. The van der Waals surface area contributed by atoms with E-state index in [4.69, 9.17) is 24.4 Å². The summed E-state index contributed by atoms with van der Waals surface area (Å²) >= 11 is 0. The van der Waals surface area contributed by atoms with Crippen molar-refractivity contribution in [3.05, 3.63) is 23.3 Å². The number of anilines is 1. The van der Waals surface area contributed by atoms with Gasteiger partial charge in [0, 0.05) is 36.0 Å². The molecule has 0 spiro atoms. The van der Waals surface area contributed by atoms with E-state index in [1.165, 1.54) is 31.5 Å². The summed E-state index contributed by atoms with van der Waals surface area (Å²) in [6, 6.07) is 4.35. The van der Waals surface area contributed by atoms with Crippen LogP contribution in [-0.4, -0.2) is 77.7 Å². The molecule has 2 aromatic rings. The van der Waals surface area contributed by atoms with Gasteiger partial charge in [-0.05, 0) is 70.7 Å². The Bertz CT molecular complexity index is 1070. The molecule has 37 heavy (non-hydrogen) atoms. The van der Waals surface area contributed by atoms with E-state index in [9.17, 15) is 18.3 Å². The van der Waals surface area contributed by atoms with E-state index >= 15 is 0 Å². The van der Waals surface area contributed by atoms with Crippen LogP contribution in [0.2, 0.25) is 0 Å². The number of methoxy groups -OCH3 is 1. The summed E-state index contributed by atoms with van der Waals surface area (Å²) in [4.78, 5) is 16.3. The SMILES string of the molecule is COc1cc2c3c(c(NC(C)C)nc2cc1OCCCN1CCCC1)CC(O)CC3.O=C(O)C(F)(F)F. The maximum atomic E-state index is 10.6. The van der Waals surface area contributed by atoms with Gasteiger partial charge < -0.3 is 29.9 Å². The van der Waals surface area contributed by atoms with E-state index in [0.717, 1.165) is 59.6 Å². The molecular weight excluding hydrogens is 491 g/mol. The van der Waals surface area contributed by atoms with Gasteiger partial charge in [0.05, 0.1) is 25.3 Å². The second kappa shape index (κ2) is 12.6. The number of carboxylic acids is 1. The van der Waals surface area contributed by atoms with Crippen LogP contribution in [0.15, 0.2) is 12.1 Å². The molecule has 8 nitrogen and oxygen atoms in total. The van der Waals surface area contributed by atoms with Gasteiger partial charge in [-0.2, -0.15) is 13.2 Å². The third-order valence-electron chi connectivity index (χ3n) is 6.40. The largest absolute Gasteiger partial charge is 0.493 e. The van der Waals surface area contributed by atoms with Crippen molar-refractivity contribution in [1.29, 1.82) is 0 Å². The first kappa shape index (κ1) is 28.8. The fraction of sp³-hybridized carbons (Fsp3) is 0.615. The molecule has 1 aromatic carbocycles. The number of aliphatic hydroxyl groups is 1. The molecule has 206 valence electrons. The molecule has 1 unspecified atom stereocenters. The minimum absolute atomic E-state index is 0.276. The summed E-state index contributed by atoms with van der Waals surface area (Å²) in [6.07, 6.45) is 0.537. The number of aliphatic carboxylic acids is 1. The maximum Gasteiger partial charge on any atom is 0.490 e. The van der Waals surface area contributed by atoms with Crippen LogP contribution in [0, 0.1) is 0 Å². The van der Waals surface area contributed by atoms with Crippen LogP contribution in [-0.2, 0) is 17.6 Å². The number of alkyl halides is 3. The lowest BCUT2D eigenvalue weighted by atomic mass is 9.87. The zero-order chi connectivity index (χ0) is 27.2. The van der Waals surface area contributed by atoms with Crippen LogP contribution in [0.5, 0.6) is 11.5 Å². The normalized spacial score (nSPS) is 17.8. The Balaban J connectivity index is 0.000000479. The van der Waals surface area contributed by atoms with Gasteiger partial charge >= 0.3 is 12.1 Å². The lowest BCUT2D eigenvalue weighted by molar-refractivity contribution is -0.192. The molecule has 0 radical (unpaired) electrons. The number of pyridine rings is 1. The summed E-state index contributed by atoms with van der Waals surface area (Å²) < 4.78 is 43.5. The topological polar surface area (TPSA) is 104 Å². The number of benzene rings is 1. The zero-order valence-corrected chi connectivity index (χ0v) is 21.5. The van der Waals surface area contributed by atoms with Crippen LogP contribution < -0.4 is 14.8 Å². The number of halogens is 3. The molecule has 1 aliphatic heterocycles. The number of rotatable bonds is 8. The molecule has 0 amide bonds. The molecule has 11 heteroatoms. The van der Waals surface area contributed by atoms with E-state index in [2.05, 4.69) is 30.1 Å². The highest BCUT2D eigenvalue weighted by Gasteiger charge is 2.38. The van der Waals surface area contributed by atoms with Crippen LogP contribution in [0.25, 0.3) is 10.9 Å². The van der Waals surface area contributed by atoms with E-state index in [1.54, 1.807) is 7.11 Å². The molecule has 3 N–H and O–H groups in total. The maximum absolute atomic E-state index is 10.6. The Hall–Kier alpha value is -2.79. The number of hydrogen-bond donors (Lipinski definition) is 3. The first-order valence-electron chi connectivity index (χ1n) is 12.6. The lowest BCUT2D eigenvalue weighted by Gasteiger charge is -2.26. The predicted octanol–water partition coefficient (Wildman–Crippen LogP) is 4.41. The van der Waals surface area contributed by atoms with Crippen molar-refractivity contribution in [3.8, 4) is 11.5 Å². The lowest BCUT2D eigenvalue weighted by Crippen LogP contribution is -2.23. The van der Waals surface area contributed by atoms with Gasteiger partial charge in [-0.1, -0.05) is 0 Å². The average Bonchev–Trinajstić information content (AvgIpc) is 3.34. The molecule has 0 bridgehead atoms. The van der Waals surface area contributed by atoms with E-state index < -0.39 is 12.1 Å². The minimum Gasteiger partial charge on any atom is -0.493 e. The third-order valence-corrected chi connectivity index (χ3v) is 6.40. The molecule has 1 aromatic heterocycles. The summed E-state index contributed by atoms with van der Waals surface area (Å²) in [6.45, 7) is 8.42. The third kappa shape index (κ3) is 7.85.